The molecule has 0 heterocycles. The third-order valence-electron chi connectivity index (χ3n) is 3.36. The summed E-state index contributed by atoms with van der Waals surface area (Å²) in [5, 5.41) is 11.8. The van der Waals surface area contributed by atoms with E-state index in [4.69, 9.17) is 5.26 Å². The van der Waals surface area contributed by atoms with Gasteiger partial charge in [-0.15, -0.1) is 0 Å². The highest BCUT2D eigenvalue weighted by atomic mass is 19.1. The van der Waals surface area contributed by atoms with Crippen LogP contribution in [0.4, 0.5) is 10.1 Å². The maximum Gasteiger partial charge on any atom is 0.147 e. The van der Waals surface area contributed by atoms with E-state index in [1.807, 2.05) is 24.3 Å². The summed E-state index contributed by atoms with van der Waals surface area (Å²) in [5.41, 5.74) is 2.07. The molecule has 0 aliphatic rings. The average molecular weight is 268 g/mol. The Kier molecular flexibility index (Phi) is 4.73. The van der Waals surface area contributed by atoms with E-state index >= 15 is 0 Å². The lowest BCUT2D eigenvalue weighted by molar-refractivity contribution is 0.627. The monoisotopic (exact) mass is 268 g/mol. The van der Waals surface area contributed by atoms with Gasteiger partial charge in [0.1, 0.15) is 5.82 Å². The zero-order valence-corrected chi connectivity index (χ0v) is 11.4. The van der Waals surface area contributed by atoms with Crippen LogP contribution in [0.15, 0.2) is 48.5 Å². The molecule has 2 aromatic rings. The molecule has 2 rings (SSSR count). The normalized spacial score (nSPS) is 11.7. The largest absolute Gasteiger partial charge is 0.383 e. The van der Waals surface area contributed by atoms with Gasteiger partial charge in [0.25, 0.3) is 0 Å². The van der Waals surface area contributed by atoms with Gasteiger partial charge < -0.3 is 5.32 Å². The molecule has 0 saturated heterocycles. The Morgan fingerprint density at radius 2 is 1.95 bits per heavy atom. The van der Waals surface area contributed by atoms with Gasteiger partial charge in [0, 0.05) is 6.54 Å². The lowest BCUT2D eigenvalue weighted by Crippen LogP contribution is -2.07. The van der Waals surface area contributed by atoms with Crippen molar-refractivity contribution in [3.63, 3.8) is 0 Å². The Balaban J connectivity index is 1.89. The number of nitriles is 1. The Morgan fingerprint density at radius 1 is 1.20 bits per heavy atom. The second kappa shape index (κ2) is 6.72. The molecular weight excluding hydrogens is 251 g/mol. The summed E-state index contributed by atoms with van der Waals surface area (Å²) in [6.07, 6.45) is 0.920. The highest BCUT2D eigenvalue weighted by Gasteiger charge is 2.06. The van der Waals surface area contributed by atoms with Gasteiger partial charge in [-0.3, -0.25) is 0 Å². The van der Waals surface area contributed by atoms with Gasteiger partial charge in [-0.1, -0.05) is 37.3 Å². The molecule has 0 fully saturated rings. The number of halogens is 1. The molecular formula is C17H17FN2. The van der Waals surface area contributed by atoms with Crippen molar-refractivity contribution in [2.75, 3.05) is 11.9 Å². The summed E-state index contributed by atoms with van der Waals surface area (Å²) in [6.45, 7) is 2.85. The van der Waals surface area contributed by atoms with Gasteiger partial charge >= 0.3 is 0 Å². The molecule has 20 heavy (non-hydrogen) atoms. The molecule has 0 saturated carbocycles. The highest BCUT2D eigenvalue weighted by Crippen LogP contribution is 2.20. The summed E-state index contributed by atoms with van der Waals surface area (Å²) >= 11 is 0. The van der Waals surface area contributed by atoms with Gasteiger partial charge in [-0.2, -0.15) is 5.26 Å². The van der Waals surface area contributed by atoms with Crippen molar-refractivity contribution in [1.82, 2.24) is 0 Å². The van der Waals surface area contributed by atoms with Crippen LogP contribution in [0.25, 0.3) is 0 Å². The van der Waals surface area contributed by atoms with Crippen molar-refractivity contribution in [3.8, 4) is 6.07 Å². The third kappa shape index (κ3) is 3.58. The molecule has 0 aliphatic carbocycles. The van der Waals surface area contributed by atoms with Crippen LogP contribution in [-0.4, -0.2) is 6.54 Å². The van der Waals surface area contributed by atoms with Crippen LogP contribution in [0, 0.1) is 17.1 Å². The minimum absolute atomic E-state index is 0.339. The molecule has 1 N–H and O–H groups in total. The predicted octanol–water partition coefficient (Wildman–Crippen LogP) is 4.30. The van der Waals surface area contributed by atoms with Crippen molar-refractivity contribution in [3.05, 3.63) is 65.5 Å². The quantitative estimate of drug-likeness (QED) is 0.877. The third-order valence-corrected chi connectivity index (χ3v) is 3.36. The number of benzene rings is 2. The molecule has 2 aromatic carbocycles. The van der Waals surface area contributed by atoms with Crippen molar-refractivity contribution in [2.24, 2.45) is 0 Å². The van der Waals surface area contributed by atoms with E-state index in [1.165, 1.54) is 11.6 Å². The number of hydrogen-bond acceptors (Lipinski definition) is 2. The fraction of sp³-hybridized carbons (Fsp3) is 0.235. The number of anilines is 1. The topological polar surface area (TPSA) is 35.8 Å². The fourth-order valence-electron chi connectivity index (χ4n) is 2.10. The molecule has 0 radical (unpaired) electrons. The van der Waals surface area contributed by atoms with Crippen LogP contribution in [-0.2, 0) is 0 Å². The van der Waals surface area contributed by atoms with Crippen molar-refractivity contribution >= 4 is 5.69 Å². The Bertz CT molecular complexity index is 602. The van der Waals surface area contributed by atoms with E-state index in [1.54, 1.807) is 12.1 Å². The molecule has 0 aliphatic heterocycles. The van der Waals surface area contributed by atoms with Crippen LogP contribution >= 0.6 is 0 Å². The van der Waals surface area contributed by atoms with E-state index in [-0.39, 0.29) is 5.82 Å². The minimum Gasteiger partial charge on any atom is -0.383 e. The van der Waals surface area contributed by atoms with Gasteiger partial charge in [-0.05, 0) is 36.1 Å². The van der Waals surface area contributed by atoms with Crippen LogP contribution < -0.4 is 5.32 Å². The van der Waals surface area contributed by atoms with Crippen molar-refractivity contribution in [1.29, 1.82) is 5.26 Å². The summed E-state index contributed by atoms with van der Waals surface area (Å²) in [6, 6.07) is 16.7. The second-order valence-corrected chi connectivity index (χ2v) is 4.83. The van der Waals surface area contributed by atoms with Gasteiger partial charge in [-0.25, -0.2) is 4.39 Å². The Morgan fingerprint density at radius 3 is 2.60 bits per heavy atom. The molecule has 102 valence electrons. The van der Waals surface area contributed by atoms with Crippen LogP contribution in [0.2, 0.25) is 0 Å². The first-order valence-corrected chi connectivity index (χ1v) is 6.69. The average Bonchev–Trinajstić information content (AvgIpc) is 2.49. The lowest BCUT2D eigenvalue weighted by atomic mass is 9.98. The van der Waals surface area contributed by atoms with Gasteiger partial charge in [0.05, 0.1) is 17.3 Å². The van der Waals surface area contributed by atoms with Gasteiger partial charge in [0.2, 0.25) is 0 Å². The molecule has 0 spiro atoms. The van der Waals surface area contributed by atoms with Gasteiger partial charge in [0.15, 0.2) is 0 Å². The Labute approximate surface area is 118 Å². The number of hydrogen-bond donors (Lipinski definition) is 1. The maximum atomic E-state index is 13.7. The Hall–Kier alpha value is -2.34. The summed E-state index contributed by atoms with van der Waals surface area (Å²) in [5.74, 6) is 0.0431. The number of rotatable bonds is 5. The minimum atomic E-state index is -0.378. The van der Waals surface area contributed by atoms with Crippen LogP contribution in [0.3, 0.4) is 0 Å². The highest BCUT2D eigenvalue weighted by molar-refractivity contribution is 5.48. The molecule has 3 heteroatoms. The molecule has 0 bridgehead atoms. The molecule has 0 aromatic heterocycles. The maximum absolute atomic E-state index is 13.7. The standard InChI is InChI=1S/C17H17FN2/c1-13(15-5-3-2-4-6-15)9-10-20-17-8-7-14(12-19)11-16(17)18/h2-8,11,13,20H,9-10H2,1H3. The SMILES string of the molecule is CC(CCNc1ccc(C#N)cc1F)c1ccccc1. The molecule has 1 atom stereocenters. The fourth-order valence-corrected chi connectivity index (χ4v) is 2.10. The number of nitrogens with one attached hydrogen (secondary N) is 1. The van der Waals surface area contributed by atoms with E-state index in [0.29, 0.717) is 23.7 Å². The van der Waals surface area contributed by atoms with E-state index in [0.717, 1.165) is 6.42 Å². The predicted molar refractivity (Wildman–Crippen MR) is 79.1 cm³/mol. The van der Waals surface area contributed by atoms with Crippen LogP contribution in [0.5, 0.6) is 0 Å². The number of nitrogens with zero attached hydrogens (tertiary/aromatic N) is 1. The van der Waals surface area contributed by atoms with Crippen LogP contribution in [0.1, 0.15) is 30.4 Å². The summed E-state index contributed by atoms with van der Waals surface area (Å²) < 4.78 is 13.7. The molecule has 0 amide bonds. The van der Waals surface area contributed by atoms with E-state index < -0.39 is 0 Å². The summed E-state index contributed by atoms with van der Waals surface area (Å²) in [4.78, 5) is 0. The van der Waals surface area contributed by atoms with Crippen molar-refractivity contribution in [2.45, 2.75) is 19.3 Å². The lowest BCUT2D eigenvalue weighted by Gasteiger charge is -2.13. The molecule has 2 nitrogen and oxygen atoms in total. The first-order chi connectivity index (χ1) is 9.70. The molecule has 1 unspecified atom stereocenters. The smallest absolute Gasteiger partial charge is 0.147 e. The first-order valence-electron chi connectivity index (χ1n) is 6.69. The summed E-state index contributed by atoms with van der Waals surface area (Å²) in [7, 11) is 0. The zero-order chi connectivity index (χ0) is 14.4. The second-order valence-electron chi connectivity index (χ2n) is 4.83. The van der Waals surface area contributed by atoms with E-state index in [9.17, 15) is 4.39 Å². The zero-order valence-electron chi connectivity index (χ0n) is 11.4. The van der Waals surface area contributed by atoms with E-state index in [2.05, 4.69) is 24.4 Å². The van der Waals surface area contributed by atoms with Crippen molar-refractivity contribution < 1.29 is 4.39 Å². The first kappa shape index (κ1) is 14.1.